The molecule has 6 heteroatoms. The van der Waals surface area contributed by atoms with Crippen molar-refractivity contribution in [3.05, 3.63) is 29.3 Å². The van der Waals surface area contributed by atoms with Gasteiger partial charge in [0.05, 0.1) is 11.5 Å². The van der Waals surface area contributed by atoms with Crippen LogP contribution in [-0.4, -0.2) is 35.2 Å². The van der Waals surface area contributed by atoms with Gasteiger partial charge in [0, 0.05) is 19.7 Å². The lowest BCUT2D eigenvalue weighted by Crippen LogP contribution is -2.28. The van der Waals surface area contributed by atoms with E-state index in [2.05, 4.69) is 10.0 Å². The normalized spacial score (nSPS) is 15.3. The SMILES string of the molecule is CNCc1ccc(C)c(S(=O)(=O)NCCOCC2CC2)c1. The minimum absolute atomic E-state index is 0.310. The first kappa shape index (κ1) is 16.4. The third-order valence-corrected chi connectivity index (χ3v) is 5.11. The molecule has 0 radical (unpaired) electrons. The molecule has 1 aromatic rings. The van der Waals surface area contributed by atoms with Crippen LogP contribution >= 0.6 is 0 Å². The highest BCUT2D eigenvalue weighted by Gasteiger charge is 2.21. The van der Waals surface area contributed by atoms with Gasteiger partial charge in [0.15, 0.2) is 0 Å². The first-order valence-electron chi connectivity index (χ1n) is 7.34. The maximum atomic E-state index is 12.3. The summed E-state index contributed by atoms with van der Waals surface area (Å²) in [6, 6.07) is 5.49. The number of rotatable bonds is 9. The molecule has 0 atom stereocenters. The molecule has 0 unspecified atom stereocenters. The average molecular weight is 312 g/mol. The zero-order valence-corrected chi connectivity index (χ0v) is 13.5. The highest BCUT2D eigenvalue weighted by molar-refractivity contribution is 7.89. The molecule has 1 saturated carbocycles. The molecule has 1 aliphatic rings. The molecule has 5 nitrogen and oxygen atoms in total. The van der Waals surface area contributed by atoms with E-state index >= 15 is 0 Å². The Morgan fingerprint density at radius 1 is 1.33 bits per heavy atom. The molecule has 0 aromatic heterocycles. The van der Waals surface area contributed by atoms with Crippen molar-refractivity contribution in [2.45, 2.75) is 31.2 Å². The Balaban J connectivity index is 1.92. The van der Waals surface area contributed by atoms with E-state index in [0.29, 0.717) is 30.5 Å². The summed E-state index contributed by atoms with van der Waals surface area (Å²) in [6.07, 6.45) is 2.48. The van der Waals surface area contributed by atoms with Crippen molar-refractivity contribution in [2.75, 3.05) is 26.8 Å². The molecule has 0 spiro atoms. The summed E-state index contributed by atoms with van der Waals surface area (Å²) in [7, 11) is -1.64. The van der Waals surface area contributed by atoms with Gasteiger partial charge in [0.25, 0.3) is 0 Å². The molecule has 0 bridgehead atoms. The fraction of sp³-hybridized carbons (Fsp3) is 0.600. The number of sulfonamides is 1. The Hall–Kier alpha value is -0.950. The summed E-state index contributed by atoms with van der Waals surface area (Å²) in [5, 5.41) is 3.02. The summed E-state index contributed by atoms with van der Waals surface area (Å²) in [5.41, 5.74) is 1.70. The van der Waals surface area contributed by atoms with Crippen LogP contribution in [-0.2, 0) is 21.3 Å². The topological polar surface area (TPSA) is 67.4 Å². The molecule has 2 N–H and O–H groups in total. The lowest BCUT2D eigenvalue weighted by molar-refractivity contribution is 0.129. The van der Waals surface area contributed by atoms with Crippen LogP contribution in [0.5, 0.6) is 0 Å². The van der Waals surface area contributed by atoms with Crippen LogP contribution in [0.2, 0.25) is 0 Å². The minimum Gasteiger partial charge on any atom is -0.380 e. The molecule has 0 aliphatic heterocycles. The first-order valence-corrected chi connectivity index (χ1v) is 8.83. The standard InChI is InChI=1S/C15H24N2O3S/c1-12-3-4-14(10-16-2)9-15(12)21(18,19)17-7-8-20-11-13-5-6-13/h3-4,9,13,16-17H,5-8,10-11H2,1-2H3. The van der Waals surface area contributed by atoms with Crippen LogP contribution < -0.4 is 10.0 Å². The molecular weight excluding hydrogens is 288 g/mol. The van der Waals surface area contributed by atoms with Gasteiger partial charge in [-0.3, -0.25) is 0 Å². The zero-order valence-electron chi connectivity index (χ0n) is 12.7. The predicted molar refractivity (Wildman–Crippen MR) is 82.7 cm³/mol. The Morgan fingerprint density at radius 2 is 2.10 bits per heavy atom. The first-order chi connectivity index (χ1) is 10.0. The van der Waals surface area contributed by atoms with E-state index in [1.165, 1.54) is 12.8 Å². The molecular formula is C15H24N2O3S. The second kappa shape index (κ2) is 7.35. The van der Waals surface area contributed by atoms with E-state index in [4.69, 9.17) is 4.74 Å². The predicted octanol–water partition coefficient (Wildman–Crippen LogP) is 1.42. The van der Waals surface area contributed by atoms with E-state index in [0.717, 1.165) is 17.7 Å². The zero-order chi connectivity index (χ0) is 15.3. The second-order valence-electron chi connectivity index (χ2n) is 5.55. The summed E-state index contributed by atoms with van der Waals surface area (Å²) in [5.74, 6) is 0.696. The fourth-order valence-electron chi connectivity index (χ4n) is 2.11. The second-order valence-corrected chi connectivity index (χ2v) is 7.28. The number of benzene rings is 1. The van der Waals surface area contributed by atoms with Crippen LogP contribution in [0.25, 0.3) is 0 Å². The smallest absolute Gasteiger partial charge is 0.240 e. The number of ether oxygens (including phenoxy) is 1. The Kier molecular flexibility index (Phi) is 5.75. The molecule has 0 amide bonds. The quantitative estimate of drug-likeness (QED) is 0.677. The Labute approximate surface area is 127 Å². The molecule has 1 fully saturated rings. The monoisotopic (exact) mass is 312 g/mol. The Morgan fingerprint density at radius 3 is 2.76 bits per heavy atom. The fourth-order valence-corrected chi connectivity index (χ4v) is 3.41. The van der Waals surface area contributed by atoms with Crippen LogP contribution in [0.3, 0.4) is 0 Å². The minimum atomic E-state index is -3.47. The van der Waals surface area contributed by atoms with Gasteiger partial charge in [-0.25, -0.2) is 13.1 Å². The van der Waals surface area contributed by atoms with E-state index in [1.807, 2.05) is 19.2 Å². The maximum Gasteiger partial charge on any atom is 0.240 e. The molecule has 21 heavy (non-hydrogen) atoms. The van der Waals surface area contributed by atoms with E-state index in [-0.39, 0.29) is 0 Å². The van der Waals surface area contributed by atoms with Gasteiger partial charge in [-0.15, -0.1) is 0 Å². The number of hydrogen-bond donors (Lipinski definition) is 2. The lowest BCUT2D eigenvalue weighted by Gasteiger charge is -2.11. The lowest BCUT2D eigenvalue weighted by atomic mass is 10.1. The molecule has 0 heterocycles. The largest absolute Gasteiger partial charge is 0.380 e. The molecule has 2 rings (SSSR count). The highest BCUT2D eigenvalue weighted by atomic mass is 32.2. The van der Waals surface area contributed by atoms with Gasteiger partial charge in [0.2, 0.25) is 10.0 Å². The van der Waals surface area contributed by atoms with Gasteiger partial charge in [0.1, 0.15) is 0 Å². The third-order valence-electron chi connectivity index (χ3n) is 3.51. The van der Waals surface area contributed by atoms with Gasteiger partial charge in [-0.05, 0) is 49.9 Å². The van der Waals surface area contributed by atoms with Crippen LogP contribution in [0.1, 0.15) is 24.0 Å². The third kappa shape index (κ3) is 5.07. The van der Waals surface area contributed by atoms with Crippen molar-refractivity contribution in [3.63, 3.8) is 0 Å². The van der Waals surface area contributed by atoms with Crippen LogP contribution in [0.4, 0.5) is 0 Å². The van der Waals surface area contributed by atoms with Crippen molar-refractivity contribution < 1.29 is 13.2 Å². The Bertz CT molecular complexity index is 568. The molecule has 0 saturated heterocycles. The molecule has 1 aliphatic carbocycles. The summed E-state index contributed by atoms with van der Waals surface area (Å²) in [6.45, 7) is 3.93. The summed E-state index contributed by atoms with van der Waals surface area (Å²) >= 11 is 0. The number of aryl methyl sites for hydroxylation is 1. The van der Waals surface area contributed by atoms with Crippen molar-refractivity contribution >= 4 is 10.0 Å². The van der Waals surface area contributed by atoms with Gasteiger partial charge >= 0.3 is 0 Å². The van der Waals surface area contributed by atoms with Crippen LogP contribution in [0.15, 0.2) is 23.1 Å². The molecule has 118 valence electrons. The summed E-state index contributed by atoms with van der Waals surface area (Å²) in [4.78, 5) is 0.345. The maximum absolute atomic E-state index is 12.3. The van der Waals surface area contributed by atoms with Crippen molar-refractivity contribution in [2.24, 2.45) is 5.92 Å². The highest BCUT2D eigenvalue weighted by Crippen LogP contribution is 2.28. The van der Waals surface area contributed by atoms with Crippen LogP contribution in [0, 0.1) is 12.8 Å². The van der Waals surface area contributed by atoms with Gasteiger partial charge in [-0.2, -0.15) is 0 Å². The number of hydrogen-bond acceptors (Lipinski definition) is 4. The van der Waals surface area contributed by atoms with Crippen molar-refractivity contribution in [1.82, 2.24) is 10.0 Å². The van der Waals surface area contributed by atoms with Crippen molar-refractivity contribution in [3.8, 4) is 0 Å². The van der Waals surface area contributed by atoms with E-state index in [1.54, 1.807) is 13.0 Å². The van der Waals surface area contributed by atoms with Gasteiger partial charge in [-0.1, -0.05) is 12.1 Å². The molecule has 1 aromatic carbocycles. The van der Waals surface area contributed by atoms with Crippen molar-refractivity contribution in [1.29, 1.82) is 0 Å². The van der Waals surface area contributed by atoms with E-state index in [9.17, 15) is 8.42 Å². The number of nitrogens with one attached hydrogen (secondary N) is 2. The summed E-state index contributed by atoms with van der Waals surface area (Å²) < 4.78 is 32.7. The van der Waals surface area contributed by atoms with Gasteiger partial charge < -0.3 is 10.1 Å². The van der Waals surface area contributed by atoms with E-state index < -0.39 is 10.0 Å². The average Bonchev–Trinajstić information content (AvgIpc) is 3.25.